The highest BCUT2D eigenvalue weighted by Crippen LogP contribution is 2.45. The summed E-state index contributed by atoms with van der Waals surface area (Å²) < 4.78 is 68.7. The molecule has 0 bridgehead atoms. The Hall–Kier alpha value is -1.94. The third kappa shape index (κ3) is 71.1. The normalized spacial score (nSPS) is 14.3. The third-order valence-electron chi connectivity index (χ3n) is 18.7. The van der Waals surface area contributed by atoms with Crippen LogP contribution in [0.1, 0.15) is 408 Å². The molecule has 0 aliphatic carbocycles. The Morgan fingerprint density at radius 3 is 0.776 bits per heavy atom. The molecule has 0 saturated carbocycles. The third-order valence-corrected chi connectivity index (χ3v) is 20.6. The number of aliphatic hydroxyl groups excluding tert-OH is 1. The second-order valence-corrected chi connectivity index (χ2v) is 32.6. The Morgan fingerprint density at radius 2 is 0.520 bits per heavy atom. The number of ether oxygens (including phenoxy) is 4. The molecule has 0 saturated heterocycles. The van der Waals surface area contributed by atoms with Crippen LogP contribution in [0, 0.1) is 17.8 Å². The van der Waals surface area contributed by atoms with Crippen molar-refractivity contribution in [3.8, 4) is 0 Å². The average Bonchev–Trinajstić information content (AvgIpc) is 0.930. The van der Waals surface area contributed by atoms with Crippen molar-refractivity contribution >= 4 is 39.5 Å². The van der Waals surface area contributed by atoms with Gasteiger partial charge in [-0.1, -0.05) is 357 Å². The number of aliphatic hydroxyl groups is 1. The molecule has 19 heteroatoms. The first-order valence-corrected chi connectivity index (χ1v) is 43.9. The fourth-order valence-electron chi connectivity index (χ4n) is 12.1. The van der Waals surface area contributed by atoms with E-state index in [1.54, 1.807) is 0 Å². The molecule has 17 nitrogen and oxygen atoms in total. The summed E-state index contributed by atoms with van der Waals surface area (Å²) in [5.41, 5.74) is 0. The van der Waals surface area contributed by atoms with E-state index < -0.39 is 97.5 Å². The van der Waals surface area contributed by atoms with Gasteiger partial charge in [0.15, 0.2) is 12.2 Å². The highest BCUT2D eigenvalue weighted by Gasteiger charge is 2.30. The van der Waals surface area contributed by atoms with Crippen LogP contribution in [0.15, 0.2) is 0 Å². The topological polar surface area (TPSA) is 237 Å². The van der Waals surface area contributed by atoms with Crippen molar-refractivity contribution in [3.63, 3.8) is 0 Å². The fourth-order valence-corrected chi connectivity index (χ4v) is 13.7. The average molecular weight is 1440 g/mol. The number of hydrogen-bond donors (Lipinski definition) is 3. The second-order valence-electron chi connectivity index (χ2n) is 29.6. The summed E-state index contributed by atoms with van der Waals surface area (Å²) in [5, 5.41) is 10.6. The van der Waals surface area contributed by atoms with Gasteiger partial charge in [0, 0.05) is 25.7 Å². The molecule has 0 aromatic heterocycles. The zero-order valence-electron chi connectivity index (χ0n) is 64.3. The number of phosphoric acid groups is 2. The summed E-state index contributed by atoms with van der Waals surface area (Å²) in [6, 6.07) is 0. The summed E-state index contributed by atoms with van der Waals surface area (Å²) in [5.74, 6) is 0.277. The van der Waals surface area contributed by atoms with Gasteiger partial charge >= 0.3 is 39.5 Å². The van der Waals surface area contributed by atoms with E-state index in [0.29, 0.717) is 25.7 Å². The van der Waals surface area contributed by atoms with E-state index >= 15 is 0 Å². The number of phosphoric ester groups is 2. The molecular weight excluding hydrogens is 1280 g/mol. The summed E-state index contributed by atoms with van der Waals surface area (Å²) in [4.78, 5) is 73.0. The lowest BCUT2D eigenvalue weighted by molar-refractivity contribution is -0.161. The van der Waals surface area contributed by atoms with Crippen molar-refractivity contribution in [2.24, 2.45) is 17.8 Å². The Kier molecular flexibility index (Phi) is 68.1. The predicted molar refractivity (Wildman–Crippen MR) is 400 cm³/mol. The van der Waals surface area contributed by atoms with Crippen LogP contribution >= 0.6 is 15.6 Å². The largest absolute Gasteiger partial charge is 0.472 e. The lowest BCUT2D eigenvalue weighted by Gasteiger charge is -2.21. The Morgan fingerprint density at radius 1 is 0.296 bits per heavy atom. The standard InChI is InChI=1S/C79H154O17P2/c1-8-10-11-12-13-14-22-32-39-46-53-60-76(81)89-66-75(96-79(84)63-56-49-42-35-28-27-31-38-45-52-59-72(7)9-2)69-94-98(87,88)92-65-73(80)64-91-97(85,86)93-68-74(67-90-77(82)61-54-47-40-33-25-21-17-19-24-30-37-44-51-58-71(5)6)95-78(83)62-55-48-41-34-26-20-16-15-18-23-29-36-43-50-57-70(3)4/h70-75,80H,8-69H2,1-7H3,(H,85,86)(H,87,88)/t72?,73-,74-,75-/m1/s1. The molecule has 0 aliphatic rings. The number of unbranched alkanes of at least 4 members (excludes halogenated alkanes) is 44. The Bertz CT molecular complexity index is 1910. The highest BCUT2D eigenvalue weighted by atomic mass is 31.2. The van der Waals surface area contributed by atoms with Gasteiger partial charge in [0.1, 0.15) is 19.3 Å². The first-order chi connectivity index (χ1) is 47.3. The van der Waals surface area contributed by atoms with Crippen molar-refractivity contribution in [1.29, 1.82) is 0 Å². The van der Waals surface area contributed by atoms with Crippen molar-refractivity contribution in [2.45, 2.75) is 426 Å². The molecule has 0 aromatic rings. The molecule has 3 unspecified atom stereocenters. The van der Waals surface area contributed by atoms with Crippen LogP contribution < -0.4 is 0 Å². The minimum absolute atomic E-state index is 0.106. The van der Waals surface area contributed by atoms with Gasteiger partial charge in [-0.3, -0.25) is 37.3 Å². The van der Waals surface area contributed by atoms with E-state index in [2.05, 4.69) is 48.5 Å². The molecule has 0 heterocycles. The van der Waals surface area contributed by atoms with Crippen molar-refractivity contribution in [2.75, 3.05) is 39.6 Å². The molecule has 582 valence electrons. The number of esters is 4. The van der Waals surface area contributed by atoms with Crippen molar-refractivity contribution < 1.29 is 80.2 Å². The zero-order valence-corrected chi connectivity index (χ0v) is 66.0. The molecule has 0 aliphatic heterocycles. The molecule has 0 amide bonds. The smallest absolute Gasteiger partial charge is 0.462 e. The maximum Gasteiger partial charge on any atom is 0.472 e. The van der Waals surface area contributed by atoms with Gasteiger partial charge in [0.05, 0.1) is 26.4 Å². The van der Waals surface area contributed by atoms with Crippen molar-refractivity contribution in [1.82, 2.24) is 0 Å². The minimum atomic E-state index is -4.96. The van der Waals surface area contributed by atoms with Gasteiger partial charge in [0.25, 0.3) is 0 Å². The van der Waals surface area contributed by atoms with Gasteiger partial charge in [-0.05, 0) is 43.4 Å². The lowest BCUT2D eigenvalue weighted by Crippen LogP contribution is -2.30. The van der Waals surface area contributed by atoms with Gasteiger partial charge < -0.3 is 33.8 Å². The van der Waals surface area contributed by atoms with Crippen LogP contribution in [0.2, 0.25) is 0 Å². The quantitative estimate of drug-likeness (QED) is 0.0222. The van der Waals surface area contributed by atoms with Crippen LogP contribution in [0.3, 0.4) is 0 Å². The van der Waals surface area contributed by atoms with Gasteiger partial charge in [-0.2, -0.15) is 0 Å². The first kappa shape index (κ1) is 96.1. The second kappa shape index (κ2) is 69.4. The highest BCUT2D eigenvalue weighted by molar-refractivity contribution is 7.47. The minimum Gasteiger partial charge on any atom is -0.462 e. The molecule has 0 radical (unpaired) electrons. The summed E-state index contributed by atoms with van der Waals surface area (Å²) in [6.45, 7) is 12.0. The molecular formula is C79H154O17P2. The van der Waals surface area contributed by atoms with E-state index in [9.17, 15) is 43.2 Å². The Labute approximate surface area is 600 Å². The van der Waals surface area contributed by atoms with Crippen molar-refractivity contribution in [3.05, 3.63) is 0 Å². The van der Waals surface area contributed by atoms with Gasteiger partial charge in [-0.15, -0.1) is 0 Å². The van der Waals surface area contributed by atoms with E-state index in [1.807, 2.05) is 0 Å². The monoisotopic (exact) mass is 1440 g/mol. The fraction of sp³-hybridized carbons (Fsp3) is 0.949. The van der Waals surface area contributed by atoms with Crippen LogP contribution in [0.25, 0.3) is 0 Å². The summed E-state index contributed by atoms with van der Waals surface area (Å²) in [6.07, 6.45) is 56.6. The SMILES string of the molecule is CCCCCCCCCCCCCC(=O)OC[C@H](COP(=O)(O)OC[C@H](O)COP(=O)(O)OC[C@@H](COC(=O)CCCCCCCCCCCCCCCC(C)C)OC(=O)CCCCCCCCCCCCCCCCC(C)C)OC(=O)CCCCCCCCCCCCC(C)CC. The molecule has 3 N–H and O–H groups in total. The van der Waals surface area contributed by atoms with Crippen LogP contribution in [-0.2, 0) is 65.4 Å². The zero-order chi connectivity index (χ0) is 72.3. The lowest BCUT2D eigenvalue weighted by atomic mass is 9.99. The van der Waals surface area contributed by atoms with Crippen LogP contribution in [0.4, 0.5) is 0 Å². The van der Waals surface area contributed by atoms with Crippen LogP contribution in [0.5, 0.6) is 0 Å². The number of carbonyl (C=O) groups excluding carboxylic acids is 4. The molecule has 6 atom stereocenters. The molecule has 0 aromatic carbocycles. The van der Waals surface area contributed by atoms with E-state index in [-0.39, 0.29) is 25.7 Å². The predicted octanol–water partition coefficient (Wildman–Crippen LogP) is 23.4. The first-order valence-electron chi connectivity index (χ1n) is 40.9. The maximum atomic E-state index is 13.1. The number of rotatable bonds is 77. The maximum absolute atomic E-state index is 13.1. The molecule has 0 spiro atoms. The van der Waals surface area contributed by atoms with Gasteiger partial charge in [-0.25, -0.2) is 9.13 Å². The number of carbonyl (C=O) groups is 4. The van der Waals surface area contributed by atoms with Crippen LogP contribution in [-0.4, -0.2) is 96.7 Å². The molecule has 0 fully saturated rings. The summed E-state index contributed by atoms with van der Waals surface area (Å²) >= 11 is 0. The van der Waals surface area contributed by atoms with Gasteiger partial charge in [0.2, 0.25) is 0 Å². The van der Waals surface area contributed by atoms with E-state index in [1.165, 1.54) is 218 Å². The van der Waals surface area contributed by atoms with E-state index in [4.69, 9.17) is 37.0 Å². The van der Waals surface area contributed by atoms with E-state index in [0.717, 1.165) is 108 Å². The Balaban J connectivity index is 5.26. The summed E-state index contributed by atoms with van der Waals surface area (Å²) in [7, 11) is -9.92. The molecule has 98 heavy (non-hydrogen) atoms. The molecule has 0 rings (SSSR count). The number of hydrogen-bond acceptors (Lipinski definition) is 15.